The SMILES string of the molecule is COc1cc(/C=C2\SC(=Nc3ccc(O)cc3)NC2=O)ccc1O. The van der Waals surface area contributed by atoms with Crippen molar-refractivity contribution in [2.24, 2.45) is 4.99 Å². The van der Waals surface area contributed by atoms with Crippen molar-refractivity contribution in [2.45, 2.75) is 0 Å². The summed E-state index contributed by atoms with van der Waals surface area (Å²) in [6.07, 6.45) is 1.70. The summed E-state index contributed by atoms with van der Waals surface area (Å²) in [6, 6.07) is 11.2. The van der Waals surface area contributed by atoms with E-state index in [1.807, 2.05) is 0 Å². The van der Waals surface area contributed by atoms with Gasteiger partial charge >= 0.3 is 0 Å². The van der Waals surface area contributed by atoms with Gasteiger partial charge in [0.2, 0.25) is 0 Å². The van der Waals surface area contributed by atoms with E-state index in [2.05, 4.69) is 10.3 Å². The van der Waals surface area contributed by atoms with E-state index in [9.17, 15) is 15.0 Å². The van der Waals surface area contributed by atoms with Crippen molar-refractivity contribution in [3.63, 3.8) is 0 Å². The molecule has 0 aromatic heterocycles. The second kappa shape index (κ2) is 6.67. The van der Waals surface area contributed by atoms with E-state index in [1.165, 1.54) is 37.1 Å². The number of rotatable bonds is 3. The number of hydrogen-bond donors (Lipinski definition) is 3. The molecular formula is C17H14N2O4S. The topological polar surface area (TPSA) is 91.2 Å². The molecule has 3 N–H and O–H groups in total. The van der Waals surface area contributed by atoms with Crippen molar-refractivity contribution in [1.82, 2.24) is 5.32 Å². The summed E-state index contributed by atoms with van der Waals surface area (Å²) in [5.74, 6) is 0.289. The Morgan fingerprint density at radius 3 is 2.62 bits per heavy atom. The Balaban J connectivity index is 1.83. The summed E-state index contributed by atoms with van der Waals surface area (Å²) in [4.78, 5) is 16.9. The molecule has 1 amide bonds. The molecule has 1 aliphatic heterocycles. The molecule has 1 fully saturated rings. The molecule has 2 aromatic carbocycles. The first kappa shape index (κ1) is 15.9. The van der Waals surface area contributed by atoms with E-state index in [-0.39, 0.29) is 17.4 Å². The summed E-state index contributed by atoms with van der Waals surface area (Å²) in [7, 11) is 1.46. The van der Waals surface area contributed by atoms with Crippen molar-refractivity contribution < 1.29 is 19.7 Å². The number of amidine groups is 1. The van der Waals surface area contributed by atoms with Crippen molar-refractivity contribution in [3.8, 4) is 17.2 Å². The molecule has 0 unspecified atom stereocenters. The normalized spacial score (nSPS) is 17.3. The predicted octanol–water partition coefficient (Wildman–Crippen LogP) is 3.00. The minimum absolute atomic E-state index is 0.0396. The molecule has 0 bridgehead atoms. The zero-order chi connectivity index (χ0) is 17.1. The zero-order valence-corrected chi connectivity index (χ0v) is 13.5. The average Bonchev–Trinajstić information content (AvgIpc) is 2.91. The molecule has 0 aliphatic carbocycles. The molecule has 1 saturated heterocycles. The fraction of sp³-hybridized carbons (Fsp3) is 0.0588. The summed E-state index contributed by atoms with van der Waals surface area (Å²) in [5.41, 5.74) is 1.36. The number of aliphatic imine (C=N–C) groups is 1. The molecule has 2 aromatic rings. The third kappa shape index (κ3) is 3.52. The smallest absolute Gasteiger partial charge is 0.264 e. The monoisotopic (exact) mass is 342 g/mol. The van der Waals surface area contributed by atoms with Gasteiger partial charge in [-0.25, -0.2) is 4.99 Å². The fourth-order valence-electron chi connectivity index (χ4n) is 2.06. The Morgan fingerprint density at radius 1 is 1.17 bits per heavy atom. The highest BCUT2D eigenvalue weighted by Crippen LogP contribution is 2.31. The van der Waals surface area contributed by atoms with Crippen molar-refractivity contribution >= 4 is 34.6 Å². The predicted molar refractivity (Wildman–Crippen MR) is 93.6 cm³/mol. The summed E-state index contributed by atoms with van der Waals surface area (Å²) in [6.45, 7) is 0. The van der Waals surface area contributed by atoms with Crippen molar-refractivity contribution in [3.05, 3.63) is 52.9 Å². The highest BCUT2D eigenvalue weighted by Gasteiger charge is 2.23. The second-order valence-corrected chi connectivity index (χ2v) is 5.96. The van der Waals surface area contributed by atoms with Crippen LogP contribution in [0, 0.1) is 0 Å². The first-order valence-electron chi connectivity index (χ1n) is 7.01. The Morgan fingerprint density at radius 2 is 1.92 bits per heavy atom. The number of carbonyl (C=O) groups is 1. The van der Waals surface area contributed by atoms with Gasteiger partial charge in [-0.15, -0.1) is 0 Å². The van der Waals surface area contributed by atoms with Crippen LogP contribution in [-0.2, 0) is 4.79 Å². The third-order valence-corrected chi connectivity index (χ3v) is 4.14. The van der Waals surface area contributed by atoms with Gasteiger partial charge in [0.15, 0.2) is 16.7 Å². The highest BCUT2D eigenvalue weighted by atomic mass is 32.2. The lowest BCUT2D eigenvalue weighted by molar-refractivity contribution is -0.115. The Bertz CT molecular complexity index is 844. The van der Waals surface area contributed by atoms with Crippen LogP contribution in [0.2, 0.25) is 0 Å². The molecule has 3 rings (SSSR count). The van der Waals surface area contributed by atoms with Gasteiger partial charge in [-0.2, -0.15) is 0 Å². The number of thioether (sulfide) groups is 1. The molecule has 1 heterocycles. The number of ether oxygens (including phenoxy) is 1. The van der Waals surface area contributed by atoms with Gasteiger partial charge in [-0.1, -0.05) is 6.07 Å². The van der Waals surface area contributed by atoms with Crippen LogP contribution in [0.3, 0.4) is 0 Å². The molecule has 6 nitrogen and oxygen atoms in total. The highest BCUT2D eigenvalue weighted by molar-refractivity contribution is 8.18. The minimum Gasteiger partial charge on any atom is -0.508 e. The van der Waals surface area contributed by atoms with Crippen LogP contribution >= 0.6 is 11.8 Å². The van der Waals surface area contributed by atoms with Gasteiger partial charge in [-0.3, -0.25) is 4.79 Å². The molecule has 1 aliphatic rings. The molecule has 122 valence electrons. The van der Waals surface area contributed by atoms with Gasteiger partial charge in [0.1, 0.15) is 5.75 Å². The average molecular weight is 342 g/mol. The number of nitrogens with one attached hydrogen (secondary N) is 1. The van der Waals surface area contributed by atoms with Gasteiger partial charge in [0.25, 0.3) is 5.91 Å². The standard InChI is InChI=1S/C17H14N2O4S/c1-23-14-8-10(2-7-13(14)21)9-15-16(22)19-17(24-15)18-11-3-5-12(20)6-4-11/h2-9,20-21H,1H3,(H,18,19,22)/b15-9-. The summed E-state index contributed by atoms with van der Waals surface area (Å²) >= 11 is 1.21. The lowest BCUT2D eigenvalue weighted by atomic mass is 10.2. The summed E-state index contributed by atoms with van der Waals surface area (Å²) in [5, 5.41) is 22.0. The lowest BCUT2D eigenvalue weighted by Gasteiger charge is -2.03. The maximum atomic E-state index is 12.1. The van der Waals surface area contributed by atoms with Crippen LogP contribution in [0.25, 0.3) is 6.08 Å². The maximum absolute atomic E-state index is 12.1. The zero-order valence-electron chi connectivity index (χ0n) is 12.7. The number of amides is 1. The van der Waals surface area contributed by atoms with E-state index < -0.39 is 0 Å². The lowest BCUT2D eigenvalue weighted by Crippen LogP contribution is -2.19. The van der Waals surface area contributed by atoms with Crippen LogP contribution in [0.4, 0.5) is 5.69 Å². The number of benzene rings is 2. The number of carbonyl (C=O) groups excluding carboxylic acids is 1. The Labute approximate surface area is 142 Å². The number of phenols is 2. The molecule has 0 radical (unpaired) electrons. The van der Waals surface area contributed by atoms with Crippen LogP contribution in [0.1, 0.15) is 5.56 Å². The minimum atomic E-state index is -0.246. The molecule has 0 spiro atoms. The van der Waals surface area contributed by atoms with Crippen molar-refractivity contribution in [1.29, 1.82) is 0 Å². The molecule has 0 atom stereocenters. The first-order valence-corrected chi connectivity index (χ1v) is 7.82. The summed E-state index contributed by atoms with van der Waals surface area (Å²) < 4.78 is 5.06. The first-order chi connectivity index (χ1) is 11.5. The van der Waals surface area contributed by atoms with Crippen LogP contribution < -0.4 is 10.1 Å². The third-order valence-electron chi connectivity index (χ3n) is 3.23. The van der Waals surface area contributed by atoms with E-state index in [0.29, 0.717) is 21.5 Å². The van der Waals surface area contributed by atoms with E-state index in [4.69, 9.17) is 4.74 Å². The van der Waals surface area contributed by atoms with Crippen LogP contribution in [0.15, 0.2) is 52.4 Å². The Kier molecular flexibility index (Phi) is 4.43. The van der Waals surface area contributed by atoms with Gasteiger partial charge in [-0.05, 0) is 59.8 Å². The Hall–Kier alpha value is -2.93. The number of hydrogen-bond acceptors (Lipinski definition) is 6. The molecule has 24 heavy (non-hydrogen) atoms. The van der Waals surface area contributed by atoms with Gasteiger partial charge in [0, 0.05) is 0 Å². The van der Waals surface area contributed by atoms with E-state index in [1.54, 1.807) is 30.3 Å². The largest absolute Gasteiger partial charge is 0.508 e. The maximum Gasteiger partial charge on any atom is 0.264 e. The van der Waals surface area contributed by atoms with E-state index in [0.717, 1.165) is 5.56 Å². The number of aromatic hydroxyl groups is 2. The van der Waals surface area contributed by atoms with Gasteiger partial charge < -0.3 is 20.3 Å². The van der Waals surface area contributed by atoms with Gasteiger partial charge in [0.05, 0.1) is 17.7 Å². The molecule has 0 saturated carbocycles. The number of nitrogens with zero attached hydrogens (tertiary/aromatic N) is 1. The van der Waals surface area contributed by atoms with E-state index >= 15 is 0 Å². The van der Waals surface area contributed by atoms with Crippen LogP contribution in [-0.4, -0.2) is 28.4 Å². The number of methoxy groups -OCH3 is 1. The quantitative estimate of drug-likeness (QED) is 0.746. The fourth-order valence-corrected chi connectivity index (χ4v) is 2.90. The molecule has 7 heteroatoms. The van der Waals surface area contributed by atoms with Crippen molar-refractivity contribution in [2.75, 3.05) is 7.11 Å². The molecular weight excluding hydrogens is 328 g/mol. The second-order valence-electron chi connectivity index (χ2n) is 4.93. The number of phenolic OH excluding ortho intramolecular Hbond substituents is 2. The van der Waals surface area contributed by atoms with Crippen LogP contribution in [0.5, 0.6) is 17.2 Å².